The van der Waals surface area contributed by atoms with E-state index in [1.54, 1.807) is 0 Å². The van der Waals surface area contributed by atoms with Crippen LogP contribution in [-0.4, -0.2) is 22.4 Å². The number of nitrogens with one attached hydrogen (secondary N) is 1. The third-order valence-corrected chi connectivity index (χ3v) is 7.32. The van der Waals surface area contributed by atoms with Crippen LogP contribution in [0.1, 0.15) is 20.7 Å². The van der Waals surface area contributed by atoms with Crippen molar-refractivity contribution < 1.29 is 14.0 Å². The van der Waals surface area contributed by atoms with Crippen LogP contribution < -0.4 is 5.32 Å². The first-order valence-electron chi connectivity index (χ1n) is 10.2. The summed E-state index contributed by atoms with van der Waals surface area (Å²) in [5, 5.41) is 4.89. The van der Waals surface area contributed by atoms with Gasteiger partial charge in [-0.3, -0.25) is 9.59 Å². The number of aromatic nitrogens is 1. The van der Waals surface area contributed by atoms with E-state index in [0.29, 0.717) is 16.8 Å². The van der Waals surface area contributed by atoms with E-state index in [-0.39, 0.29) is 23.3 Å². The molecule has 0 aliphatic heterocycles. The number of rotatable bonds is 6. The first-order chi connectivity index (χ1) is 16.1. The van der Waals surface area contributed by atoms with Crippen LogP contribution in [0.25, 0.3) is 21.0 Å². The van der Waals surface area contributed by atoms with Gasteiger partial charge in [-0.25, -0.2) is 9.37 Å². The monoisotopic (exact) mass is 472 g/mol. The topological polar surface area (TPSA) is 59.1 Å². The minimum absolute atomic E-state index is 0.0812. The van der Waals surface area contributed by atoms with Gasteiger partial charge in [-0.15, -0.1) is 11.3 Å². The molecule has 5 aromatic rings. The number of anilines is 1. The quantitative estimate of drug-likeness (QED) is 0.218. The van der Waals surface area contributed by atoms with Crippen LogP contribution in [0.15, 0.2) is 89.3 Å². The van der Waals surface area contributed by atoms with E-state index in [1.807, 2.05) is 60.7 Å². The van der Waals surface area contributed by atoms with Crippen molar-refractivity contribution >= 4 is 61.5 Å². The zero-order chi connectivity index (χ0) is 22.8. The fraction of sp³-hybridized carbons (Fsp3) is 0.0385. The Morgan fingerprint density at radius 3 is 2.58 bits per heavy atom. The number of amides is 1. The maximum Gasteiger partial charge on any atom is 0.256 e. The van der Waals surface area contributed by atoms with Gasteiger partial charge >= 0.3 is 0 Å². The molecule has 0 fully saturated rings. The van der Waals surface area contributed by atoms with Gasteiger partial charge in [0.05, 0.1) is 16.0 Å². The Bertz CT molecular complexity index is 1490. The van der Waals surface area contributed by atoms with Crippen LogP contribution >= 0.6 is 23.1 Å². The lowest BCUT2D eigenvalue weighted by molar-refractivity contribution is 0.101. The molecule has 0 aliphatic rings. The summed E-state index contributed by atoms with van der Waals surface area (Å²) in [7, 11) is 0. The fourth-order valence-electron chi connectivity index (χ4n) is 3.51. The molecule has 1 aromatic heterocycles. The van der Waals surface area contributed by atoms with E-state index in [4.69, 9.17) is 0 Å². The second-order valence-corrected chi connectivity index (χ2v) is 9.61. The molecule has 1 N–H and O–H groups in total. The van der Waals surface area contributed by atoms with Crippen LogP contribution in [0, 0.1) is 5.82 Å². The number of fused-ring (bicyclic) bond motifs is 2. The van der Waals surface area contributed by atoms with Gasteiger partial charge in [0, 0.05) is 16.8 Å². The second kappa shape index (κ2) is 9.13. The maximum absolute atomic E-state index is 13.0. The molecule has 7 heteroatoms. The molecular formula is C26H17FN2O2S2. The van der Waals surface area contributed by atoms with Gasteiger partial charge in [-0.1, -0.05) is 48.2 Å². The molecule has 0 aliphatic carbocycles. The van der Waals surface area contributed by atoms with Crippen molar-refractivity contribution in [2.45, 2.75) is 4.34 Å². The van der Waals surface area contributed by atoms with Gasteiger partial charge < -0.3 is 5.32 Å². The summed E-state index contributed by atoms with van der Waals surface area (Å²) >= 11 is 2.81. The minimum atomic E-state index is -0.367. The molecule has 33 heavy (non-hydrogen) atoms. The Balaban J connectivity index is 1.30. The molecule has 1 heterocycles. The fourth-order valence-corrected chi connectivity index (χ4v) is 5.51. The highest BCUT2D eigenvalue weighted by atomic mass is 32.2. The van der Waals surface area contributed by atoms with Gasteiger partial charge in [0.25, 0.3) is 5.91 Å². The maximum atomic E-state index is 13.0. The van der Waals surface area contributed by atoms with Crippen molar-refractivity contribution in [2.24, 2.45) is 0 Å². The first-order valence-corrected chi connectivity index (χ1v) is 12.0. The van der Waals surface area contributed by atoms with Crippen molar-refractivity contribution in [2.75, 3.05) is 11.1 Å². The van der Waals surface area contributed by atoms with Crippen LogP contribution in [0.5, 0.6) is 0 Å². The zero-order valence-electron chi connectivity index (χ0n) is 17.2. The Morgan fingerprint density at radius 1 is 0.939 bits per heavy atom. The summed E-state index contributed by atoms with van der Waals surface area (Å²) in [5.41, 5.74) is 2.58. The molecule has 0 unspecified atom stereocenters. The second-order valence-electron chi connectivity index (χ2n) is 7.36. The number of halogens is 1. The van der Waals surface area contributed by atoms with Gasteiger partial charge in [-0.05, 0) is 59.3 Å². The Kier molecular flexibility index (Phi) is 5.90. The largest absolute Gasteiger partial charge is 0.322 e. The van der Waals surface area contributed by atoms with Crippen molar-refractivity contribution in [3.63, 3.8) is 0 Å². The lowest BCUT2D eigenvalue weighted by atomic mass is 10.0. The SMILES string of the molecule is O=C(CSc1nc2ccc(NC(=O)c3cccc4ccccc34)cc2s1)c1ccc(F)cc1. The predicted molar refractivity (Wildman–Crippen MR) is 133 cm³/mol. The molecule has 0 atom stereocenters. The van der Waals surface area contributed by atoms with Gasteiger partial charge in [-0.2, -0.15) is 0 Å². The Hall–Kier alpha value is -3.55. The number of nitrogens with zero attached hydrogens (tertiary/aromatic N) is 1. The number of thioether (sulfide) groups is 1. The lowest BCUT2D eigenvalue weighted by Gasteiger charge is -2.08. The molecule has 162 valence electrons. The molecule has 0 bridgehead atoms. The number of hydrogen-bond acceptors (Lipinski definition) is 5. The smallest absolute Gasteiger partial charge is 0.256 e. The number of thiazole rings is 1. The summed E-state index contributed by atoms with van der Waals surface area (Å²) < 4.78 is 14.7. The number of hydrogen-bond donors (Lipinski definition) is 1. The van der Waals surface area contributed by atoms with Crippen LogP contribution in [0.3, 0.4) is 0 Å². The van der Waals surface area contributed by atoms with Crippen molar-refractivity contribution in [1.82, 2.24) is 4.98 Å². The molecule has 4 aromatic carbocycles. The first kappa shape index (κ1) is 21.3. The van der Waals surface area contributed by atoms with Crippen LogP contribution in [0.4, 0.5) is 10.1 Å². The molecule has 0 saturated heterocycles. The highest BCUT2D eigenvalue weighted by Crippen LogP contribution is 2.32. The van der Waals surface area contributed by atoms with E-state index in [1.165, 1.54) is 47.4 Å². The van der Waals surface area contributed by atoms with E-state index in [9.17, 15) is 14.0 Å². The summed E-state index contributed by atoms with van der Waals surface area (Å²) in [6.07, 6.45) is 0. The summed E-state index contributed by atoms with van der Waals surface area (Å²) in [5.74, 6) is -0.401. The summed E-state index contributed by atoms with van der Waals surface area (Å²) in [4.78, 5) is 29.8. The van der Waals surface area contributed by atoms with Crippen LogP contribution in [-0.2, 0) is 0 Å². The number of Topliss-reactive ketones (excluding diaryl/α,β-unsaturated/α-hetero) is 1. The zero-order valence-corrected chi connectivity index (χ0v) is 18.9. The highest BCUT2D eigenvalue weighted by molar-refractivity contribution is 8.01. The molecule has 4 nitrogen and oxygen atoms in total. The molecular weight excluding hydrogens is 455 g/mol. The number of benzene rings is 4. The molecule has 0 spiro atoms. The predicted octanol–water partition coefficient (Wildman–Crippen LogP) is 6.82. The van der Waals surface area contributed by atoms with E-state index >= 15 is 0 Å². The normalized spacial score (nSPS) is 11.1. The van der Waals surface area contributed by atoms with E-state index < -0.39 is 0 Å². The standard InChI is InChI=1S/C26H17FN2O2S2/c27-18-10-8-17(9-11-18)23(30)15-32-26-29-22-13-12-19(14-24(22)33-26)28-25(31)21-7-3-5-16-4-1-2-6-20(16)21/h1-14H,15H2,(H,28,31). The average Bonchev–Trinajstić information content (AvgIpc) is 3.25. The van der Waals surface area contributed by atoms with Gasteiger partial charge in [0.2, 0.25) is 0 Å². The highest BCUT2D eigenvalue weighted by Gasteiger charge is 2.13. The molecule has 0 radical (unpaired) electrons. The van der Waals surface area contributed by atoms with E-state index in [0.717, 1.165) is 25.3 Å². The number of ketones is 1. The van der Waals surface area contributed by atoms with Crippen molar-refractivity contribution in [1.29, 1.82) is 0 Å². The Morgan fingerprint density at radius 2 is 1.73 bits per heavy atom. The lowest BCUT2D eigenvalue weighted by Crippen LogP contribution is -2.12. The van der Waals surface area contributed by atoms with Crippen molar-refractivity contribution in [3.8, 4) is 0 Å². The minimum Gasteiger partial charge on any atom is -0.322 e. The van der Waals surface area contributed by atoms with Gasteiger partial charge in [0.15, 0.2) is 10.1 Å². The number of carbonyl (C=O) groups is 2. The molecule has 5 rings (SSSR count). The van der Waals surface area contributed by atoms with Gasteiger partial charge in [0.1, 0.15) is 5.82 Å². The third kappa shape index (κ3) is 4.65. The van der Waals surface area contributed by atoms with Crippen molar-refractivity contribution in [3.05, 3.63) is 102 Å². The van der Waals surface area contributed by atoms with E-state index in [2.05, 4.69) is 10.3 Å². The Labute approximate surface area is 197 Å². The molecule has 0 saturated carbocycles. The summed E-state index contributed by atoms with van der Waals surface area (Å²) in [6.45, 7) is 0. The molecule has 1 amide bonds. The average molecular weight is 473 g/mol. The number of carbonyl (C=O) groups excluding carboxylic acids is 2. The third-order valence-electron chi connectivity index (χ3n) is 5.15. The van der Waals surface area contributed by atoms with Crippen LogP contribution in [0.2, 0.25) is 0 Å². The summed E-state index contributed by atoms with van der Waals surface area (Å²) in [6, 6.07) is 24.6.